The molecule has 2 aromatic rings. The van der Waals surface area contributed by atoms with Crippen molar-refractivity contribution in [1.29, 1.82) is 0 Å². The fourth-order valence-electron chi connectivity index (χ4n) is 1.82. The molecule has 21 heavy (non-hydrogen) atoms. The highest BCUT2D eigenvalue weighted by molar-refractivity contribution is 7.89. The molecular weight excluding hydrogens is 288 g/mol. The van der Waals surface area contributed by atoms with Gasteiger partial charge < -0.3 is 0 Å². The van der Waals surface area contributed by atoms with Crippen molar-refractivity contribution in [3.05, 3.63) is 59.4 Å². The Hall–Kier alpha value is -2.05. The van der Waals surface area contributed by atoms with E-state index in [2.05, 4.69) is 9.71 Å². The van der Waals surface area contributed by atoms with Gasteiger partial charge in [0.05, 0.1) is 4.90 Å². The average molecular weight is 304 g/mol. The summed E-state index contributed by atoms with van der Waals surface area (Å²) in [7, 11) is -3.66. The molecule has 0 unspecified atom stereocenters. The van der Waals surface area contributed by atoms with Crippen LogP contribution in [0.5, 0.6) is 0 Å². The summed E-state index contributed by atoms with van der Waals surface area (Å²) in [4.78, 5) is 15.4. The maximum absolute atomic E-state index is 12.2. The molecule has 0 atom stereocenters. The minimum atomic E-state index is -3.66. The van der Waals surface area contributed by atoms with Crippen molar-refractivity contribution in [3.63, 3.8) is 0 Å². The first-order valence-electron chi connectivity index (χ1n) is 6.40. The number of nitrogens with zero attached hydrogens (tertiary/aromatic N) is 1. The Morgan fingerprint density at radius 3 is 2.71 bits per heavy atom. The monoisotopic (exact) mass is 304 g/mol. The maximum Gasteiger partial charge on any atom is 0.240 e. The van der Waals surface area contributed by atoms with Gasteiger partial charge in [-0.05, 0) is 43.2 Å². The molecule has 0 spiro atoms. The Balaban J connectivity index is 2.21. The van der Waals surface area contributed by atoms with E-state index in [1.54, 1.807) is 24.5 Å². The number of aryl methyl sites for hydroxylation is 1. The summed E-state index contributed by atoms with van der Waals surface area (Å²) in [6.45, 7) is 3.45. The van der Waals surface area contributed by atoms with Crippen LogP contribution in [0, 0.1) is 6.92 Å². The topological polar surface area (TPSA) is 76.1 Å². The number of carbonyl (C=O) groups excluding carboxylic acids is 1. The van der Waals surface area contributed by atoms with E-state index in [0.29, 0.717) is 5.56 Å². The van der Waals surface area contributed by atoms with Crippen molar-refractivity contribution in [1.82, 2.24) is 9.71 Å². The molecule has 1 N–H and O–H groups in total. The SMILES string of the molecule is CC(=O)c1cccc(S(=O)(=O)NCc2cnccc2C)c1. The Labute approximate surface area is 124 Å². The largest absolute Gasteiger partial charge is 0.295 e. The number of aromatic nitrogens is 1. The molecule has 0 amide bonds. The molecule has 0 fully saturated rings. The normalized spacial score (nSPS) is 11.3. The number of carbonyl (C=O) groups is 1. The molecule has 0 aliphatic heterocycles. The lowest BCUT2D eigenvalue weighted by atomic mass is 10.2. The molecule has 1 aromatic heterocycles. The van der Waals surface area contributed by atoms with E-state index in [0.717, 1.165) is 11.1 Å². The van der Waals surface area contributed by atoms with Gasteiger partial charge in [0.25, 0.3) is 0 Å². The van der Waals surface area contributed by atoms with Crippen LogP contribution in [0.25, 0.3) is 0 Å². The molecule has 2 rings (SSSR count). The number of pyridine rings is 1. The summed E-state index contributed by atoms with van der Waals surface area (Å²) in [6, 6.07) is 7.80. The first-order chi connectivity index (χ1) is 9.90. The predicted molar refractivity (Wildman–Crippen MR) is 79.4 cm³/mol. The van der Waals surface area contributed by atoms with Crippen molar-refractivity contribution in [2.45, 2.75) is 25.3 Å². The van der Waals surface area contributed by atoms with E-state index in [1.165, 1.54) is 19.1 Å². The molecule has 110 valence electrons. The lowest BCUT2D eigenvalue weighted by Crippen LogP contribution is -2.24. The first kappa shape index (κ1) is 15.3. The van der Waals surface area contributed by atoms with Crippen molar-refractivity contribution < 1.29 is 13.2 Å². The zero-order valence-electron chi connectivity index (χ0n) is 11.8. The summed E-state index contributed by atoms with van der Waals surface area (Å²) >= 11 is 0. The molecule has 0 aliphatic rings. The molecule has 0 radical (unpaired) electrons. The van der Waals surface area contributed by atoms with Crippen molar-refractivity contribution in [3.8, 4) is 0 Å². The molecule has 0 saturated heterocycles. The lowest BCUT2D eigenvalue weighted by Gasteiger charge is -2.09. The molecule has 6 heteroatoms. The van der Waals surface area contributed by atoms with Gasteiger partial charge in [0.1, 0.15) is 0 Å². The van der Waals surface area contributed by atoms with Crippen molar-refractivity contribution >= 4 is 15.8 Å². The zero-order valence-corrected chi connectivity index (χ0v) is 12.6. The summed E-state index contributed by atoms with van der Waals surface area (Å²) < 4.78 is 27.0. The van der Waals surface area contributed by atoms with Crippen LogP contribution in [0.15, 0.2) is 47.6 Å². The fraction of sp³-hybridized carbons (Fsp3) is 0.200. The molecule has 1 aromatic carbocycles. The number of hydrogen-bond donors (Lipinski definition) is 1. The number of ketones is 1. The van der Waals surface area contributed by atoms with Crippen LogP contribution >= 0.6 is 0 Å². The Morgan fingerprint density at radius 1 is 1.29 bits per heavy atom. The van der Waals surface area contributed by atoms with Crippen LogP contribution in [-0.4, -0.2) is 19.2 Å². The Morgan fingerprint density at radius 2 is 2.05 bits per heavy atom. The number of nitrogens with one attached hydrogen (secondary N) is 1. The number of sulfonamides is 1. The minimum absolute atomic E-state index is 0.0803. The maximum atomic E-state index is 12.2. The second-order valence-corrected chi connectivity index (χ2v) is 6.48. The van der Waals surface area contributed by atoms with E-state index in [1.807, 2.05) is 13.0 Å². The van der Waals surface area contributed by atoms with Crippen LogP contribution in [0.2, 0.25) is 0 Å². The second-order valence-electron chi connectivity index (χ2n) is 4.71. The van der Waals surface area contributed by atoms with Gasteiger partial charge in [-0.25, -0.2) is 13.1 Å². The lowest BCUT2D eigenvalue weighted by molar-refractivity contribution is 0.101. The second kappa shape index (κ2) is 6.15. The van der Waals surface area contributed by atoms with E-state index in [4.69, 9.17) is 0 Å². The fourth-order valence-corrected chi connectivity index (χ4v) is 2.87. The summed E-state index contributed by atoms with van der Waals surface area (Å²) in [5.74, 6) is -0.171. The third-order valence-electron chi connectivity index (χ3n) is 3.15. The molecule has 0 bridgehead atoms. The number of hydrogen-bond acceptors (Lipinski definition) is 4. The van der Waals surface area contributed by atoms with Gasteiger partial charge >= 0.3 is 0 Å². The van der Waals surface area contributed by atoms with Gasteiger partial charge in [0.2, 0.25) is 10.0 Å². The molecule has 0 saturated carbocycles. The zero-order chi connectivity index (χ0) is 15.5. The minimum Gasteiger partial charge on any atom is -0.295 e. The standard InChI is InChI=1S/C15H16N2O3S/c1-11-6-7-16-9-14(11)10-17-21(19,20)15-5-3-4-13(8-15)12(2)18/h3-9,17H,10H2,1-2H3. The predicted octanol–water partition coefficient (Wildman–Crippen LogP) is 2.07. The van der Waals surface area contributed by atoms with Crippen LogP contribution in [0.1, 0.15) is 28.4 Å². The van der Waals surface area contributed by atoms with E-state index in [9.17, 15) is 13.2 Å². The average Bonchev–Trinajstić information content (AvgIpc) is 2.46. The smallest absolute Gasteiger partial charge is 0.240 e. The quantitative estimate of drug-likeness (QED) is 0.858. The van der Waals surface area contributed by atoms with Crippen LogP contribution < -0.4 is 4.72 Å². The summed E-state index contributed by atoms with van der Waals surface area (Å²) in [5, 5.41) is 0. The molecule has 5 nitrogen and oxygen atoms in total. The number of benzene rings is 1. The van der Waals surface area contributed by atoms with Crippen molar-refractivity contribution in [2.75, 3.05) is 0 Å². The van der Waals surface area contributed by atoms with Crippen LogP contribution in [0.4, 0.5) is 0 Å². The van der Waals surface area contributed by atoms with Gasteiger partial charge in [-0.15, -0.1) is 0 Å². The molecular formula is C15H16N2O3S. The highest BCUT2D eigenvalue weighted by atomic mass is 32.2. The number of rotatable bonds is 5. The van der Waals surface area contributed by atoms with Gasteiger partial charge in [-0.1, -0.05) is 12.1 Å². The summed E-state index contributed by atoms with van der Waals surface area (Å²) in [6.07, 6.45) is 3.29. The van der Waals surface area contributed by atoms with Crippen LogP contribution in [0.3, 0.4) is 0 Å². The highest BCUT2D eigenvalue weighted by Crippen LogP contribution is 2.13. The third-order valence-corrected chi connectivity index (χ3v) is 4.55. The van der Waals surface area contributed by atoms with Gasteiger partial charge in [-0.3, -0.25) is 9.78 Å². The third kappa shape index (κ3) is 3.74. The summed E-state index contributed by atoms with van der Waals surface area (Å²) in [5.41, 5.74) is 2.14. The van der Waals surface area contributed by atoms with Crippen molar-refractivity contribution in [2.24, 2.45) is 0 Å². The van der Waals surface area contributed by atoms with E-state index >= 15 is 0 Å². The Kier molecular flexibility index (Phi) is 4.50. The Bertz CT molecular complexity index is 770. The highest BCUT2D eigenvalue weighted by Gasteiger charge is 2.15. The first-order valence-corrected chi connectivity index (χ1v) is 7.88. The van der Waals surface area contributed by atoms with Gasteiger partial charge in [-0.2, -0.15) is 0 Å². The van der Waals surface area contributed by atoms with Gasteiger partial charge in [0.15, 0.2) is 5.78 Å². The van der Waals surface area contributed by atoms with E-state index < -0.39 is 10.0 Å². The molecule has 0 aliphatic carbocycles. The number of Topliss-reactive ketones (excluding diaryl/α,β-unsaturated/α-hetero) is 1. The van der Waals surface area contributed by atoms with E-state index in [-0.39, 0.29) is 17.2 Å². The molecule has 1 heterocycles. The van der Waals surface area contributed by atoms with Gasteiger partial charge in [0, 0.05) is 24.5 Å². The van der Waals surface area contributed by atoms with Crippen LogP contribution in [-0.2, 0) is 16.6 Å².